The lowest BCUT2D eigenvalue weighted by Crippen LogP contribution is -2.11. The first-order valence-corrected chi connectivity index (χ1v) is 5.04. The molecule has 1 aromatic rings. The van der Waals surface area contributed by atoms with E-state index in [-0.39, 0.29) is 0 Å². The van der Waals surface area contributed by atoms with Crippen molar-refractivity contribution in [2.24, 2.45) is 0 Å². The fourth-order valence-electron chi connectivity index (χ4n) is 1.38. The van der Waals surface area contributed by atoms with Gasteiger partial charge in [-0.1, -0.05) is 11.6 Å². The molecule has 1 aromatic carbocycles. The zero-order chi connectivity index (χ0) is 10.6. The molecule has 0 saturated heterocycles. The zero-order valence-electron chi connectivity index (χ0n) is 8.86. The highest BCUT2D eigenvalue weighted by molar-refractivity contribution is 6.32. The Morgan fingerprint density at radius 2 is 2.14 bits per heavy atom. The normalized spacial score (nSPS) is 10.3. The maximum absolute atomic E-state index is 6.00. The largest absolute Gasteiger partial charge is 0.495 e. The number of hydrogen-bond acceptors (Lipinski definition) is 2. The fourth-order valence-corrected chi connectivity index (χ4v) is 1.68. The highest BCUT2D eigenvalue weighted by Crippen LogP contribution is 2.27. The smallest absolute Gasteiger partial charge is 0.137 e. The van der Waals surface area contributed by atoms with E-state index in [2.05, 4.69) is 12.2 Å². The molecule has 0 aliphatic heterocycles. The second-order valence-corrected chi connectivity index (χ2v) is 3.67. The molecule has 14 heavy (non-hydrogen) atoms. The van der Waals surface area contributed by atoms with Crippen molar-refractivity contribution in [3.8, 4) is 5.75 Å². The van der Waals surface area contributed by atoms with Gasteiger partial charge in [-0.05, 0) is 50.2 Å². The van der Waals surface area contributed by atoms with Gasteiger partial charge in [-0.15, -0.1) is 0 Å². The molecule has 2 nitrogen and oxygen atoms in total. The number of benzene rings is 1. The van der Waals surface area contributed by atoms with Crippen molar-refractivity contribution in [1.82, 2.24) is 5.32 Å². The van der Waals surface area contributed by atoms with Gasteiger partial charge < -0.3 is 10.1 Å². The molecule has 0 amide bonds. The predicted octanol–water partition coefficient (Wildman–Crippen LogP) is 2.42. The van der Waals surface area contributed by atoms with Crippen molar-refractivity contribution in [1.29, 1.82) is 0 Å². The van der Waals surface area contributed by atoms with Crippen LogP contribution in [0.25, 0.3) is 0 Å². The lowest BCUT2D eigenvalue weighted by atomic mass is 10.1. The molecule has 0 aliphatic carbocycles. The van der Waals surface area contributed by atoms with Gasteiger partial charge in [0.15, 0.2) is 0 Å². The quantitative estimate of drug-likeness (QED) is 0.830. The minimum Gasteiger partial charge on any atom is -0.495 e. The summed E-state index contributed by atoms with van der Waals surface area (Å²) < 4.78 is 5.17. The van der Waals surface area contributed by atoms with Crippen LogP contribution in [-0.4, -0.2) is 20.7 Å². The summed E-state index contributed by atoms with van der Waals surface area (Å²) in [5.74, 6) is 0.753. The molecule has 0 saturated carbocycles. The van der Waals surface area contributed by atoms with Gasteiger partial charge in [0.25, 0.3) is 0 Å². The third-order valence-electron chi connectivity index (χ3n) is 2.25. The molecule has 0 atom stereocenters. The van der Waals surface area contributed by atoms with Crippen LogP contribution >= 0.6 is 11.6 Å². The summed E-state index contributed by atoms with van der Waals surface area (Å²) >= 11 is 6.00. The van der Waals surface area contributed by atoms with Crippen LogP contribution in [0.5, 0.6) is 5.75 Å². The average molecular weight is 214 g/mol. The summed E-state index contributed by atoms with van der Waals surface area (Å²) in [4.78, 5) is 0. The third kappa shape index (κ3) is 2.63. The first kappa shape index (κ1) is 11.3. The minimum atomic E-state index is 0.679. The number of methoxy groups -OCH3 is 1. The Kier molecular flexibility index (Phi) is 4.23. The van der Waals surface area contributed by atoms with Gasteiger partial charge in [-0.25, -0.2) is 0 Å². The van der Waals surface area contributed by atoms with Crippen LogP contribution < -0.4 is 10.1 Å². The van der Waals surface area contributed by atoms with Crippen molar-refractivity contribution in [2.75, 3.05) is 20.7 Å². The molecule has 0 aromatic heterocycles. The zero-order valence-corrected chi connectivity index (χ0v) is 9.61. The van der Waals surface area contributed by atoms with Crippen LogP contribution in [0.4, 0.5) is 0 Å². The fraction of sp³-hybridized carbons (Fsp3) is 0.455. The first-order chi connectivity index (χ1) is 6.69. The monoisotopic (exact) mass is 213 g/mol. The summed E-state index contributed by atoms with van der Waals surface area (Å²) in [5, 5.41) is 3.80. The van der Waals surface area contributed by atoms with E-state index in [1.54, 1.807) is 7.11 Å². The Hall–Kier alpha value is -0.730. The van der Waals surface area contributed by atoms with Gasteiger partial charge in [0.1, 0.15) is 5.75 Å². The molecule has 0 radical (unpaired) electrons. The first-order valence-electron chi connectivity index (χ1n) is 4.66. The summed E-state index contributed by atoms with van der Waals surface area (Å²) in [6.45, 7) is 3.03. The van der Waals surface area contributed by atoms with Crippen molar-refractivity contribution < 1.29 is 4.74 Å². The van der Waals surface area contributed by atoms with E-state index in [1.165, 1.54) is 11.1 Å². The number of nitrogens with one attached hydrogen (secondary N) is 1. The van der Waals surface area contributed by atoms with E-state index in [4.69, 9.17) is 16.3 Å². The van der Waals surface area contributed by atoms with Crippen LogP contribution in [-0.2, 0) is 6.42 Å². The molecular weight excluding hydrogens is 198 g/mol. The molecule has 0 fully saturated rings. The highest BCUT2D eigenvalue weighted by atomic mass is 35.5. The average Bonchev–Trinajstić information content (AvgIpc) is 2.17. The third-order valence-corrected chi connectivity index (χ3v) is 2.55. The molecule has 0 heterocycles. The van der Waals surface area contributed by atoms with E-state index in [9.17, 15) is 0 Å². The molecule has 0 spiro atoms. The molecule has 3 heteroatoms. The van der Waals surface area contributed by atoms with Crippen LogP contribution in [0.1, 0.15) is 11.1 Å². The Morgan fingerprint density at radius 1 is 1.43 bits per heavy atom. The predicted molar refractivity (Wildman–Crippen MR) is 60.4 cm³/mol. The molecular formula is C11H16ClNO. The van der Waals surface area contributed by atoms with E-state index in [1.807, 2.05) is 19.2 Å². The minimum absolute atomic E-state index is 0.679. The number of halogens is 1. The van der Waals surface area contributed by atoms with Crippen LogP contribution in [0, 0.1) is 6.92 Å². The van der Waals surface area contributed by atoms with Gasteiger partial charge in [0.05, 0.1) is 12.1 Å². The van der Waals surface area contributed by atoms with Crippen LogP contribution in [0.3, 0.4) is 0 Å². The maximum Gasteiger partial charge on any atom is 0.137 e. The lowest BCUT2D eigenvalue weighted by Gasteiger charge is -2.09. The Bertz CT molecular complexity index is 312. The van der Waals surface area contributed by atoms with E-state index in [0.29, 0.717) is 5.02 Å². The van der Waals surface area contributed by atoms with Gasteiger partial charge in [0, 0.05) is 0 Å². The van der Waals surface area contributed by atoms with Gasteiger partial charge in [0.2, 0.25) is 0 Å². The highest BCUT2D eigenvalue weighted by Gasteiger charge is 2.05. The molecule has 0 aliphatic rings. The van der Waals surface area contributed by atoms with E-state index in [0.717, 1.165) is 18.7 Å². The van der Waals surface area contributed by atoms with E-state index >= 15 is 0 Å². The number of aryl methyl sites for hydroxylation is 1. The van der Waals surface area contributed by atoms with Crippen molar-refractivity contribution >= 4 is 11.6 Å². The second kappa shape index (κ2) is 5.23. The van der Waals surface area contributed by atoms with Crippen molar-refractivity contribution in [3.05, 3.63) is 28.3 Å². The number of likely N-dealkylation sites (N-methyl/N-ethyl adjacent to an activating group) is 1. The SMILES string of the molecule is CNCCc1cc(OC)c(Cl)cc1C. The van der Waals surface area contributed by atoms with Crippen molar-refractivity contribution in [3.63, 3.8) is 0 Å². The second-order valence-electron chi connectivity index (χ2n) is 3.27. The topological polar surface area (TPSA) is 21.3 Å². The molecule has 0 unspecified atom stereocenters. The molecule has 1 rings (SSSR count). The number of hydrogen-bond donors (Lipinski definition) is 1. The maximum atomic E-state index is 6.00. The number of rotatable bonds is 4. The number of ether oxygens (including phenoxy) is 1. The van der Waals surface area contributed by atoms with Gasteiger partial charge in [-0.3, -0.25) is 0 Å². The Labute approximate surface area is 90.2 Å². The molecule has 1 N–H and O–H groups in total. The summed E-state index contributed by atoms with van der Waals surface area (Å²) in [6, 6.07) is 3.96. The Morgan fingerprint density at radius 3 is 2.71 bits per heavy atom. The standard InChI is InChI=1S/C11H16ClNO/c1-8-6-10(12)11(14-3)7-9(8)4-5-13-2/h6-7,13H,4-5H2,1-3H3. The molecule has 0 bridgehead atoms. The summed E-state index contributed by atoms with van der Waals surface area (Å²) in [5.41, 5.74) is 2.49. The Balaban J connectivity index is 2.92. The van der Waals surface area contributed by atoms with Crippen molar-refractivity contribution in [2.45, 2.75) is 13.3 Å². The van der Waals surface area contributed by atoms with E-state index < -0.39 is 0 Å². The van der Waals surface area contributed by atoms with Crippen LogP contribution in [0.2, 0.25) is 5.02 Å². The van der Waals surface area contributed by atoms with Gasteiger partial charge >= 0.3 is 0 Å². The summed E-state index contributed by atoms with van der Waals surface area (Å²) in [6.07, 6.45) is 0.996. The van der Waals surface area contributed by atoms with Crippen LogP contribution in [0.15, 0.2) is 12.1 Å². The lowest BCUT2D eigenvalue weighted by molar-refractivity contribution is 0.414. The molecule has 78 valence electrons. The summed E-state index contributed by atoms with van der Waals surface area (Å²) in [7, 11) is 3.58. The van der Waals surface area contributed by atoms with Gasteiger partial charge in [-0.2, -0.15) is 0 Å².